The standard InChI is InChI=1S/C25H25N7O/c1-3-4-15-31-25(33)22-14-9-17(2)26-24(22)32(31)16-18-10-12-19(13-11-18)20-7-5-6-8-21(20)23-27-29-30-28-23/h5-14H,3-4,15-16H2,1-2H3,(H,27,28,29,30). The number of rotatable bonds is 7. The van der Waals surface area contributed by atoms with Crippen LogP contribution in [0, 0.1) is 6.92 Å². The second kappa shape index (κ2) is 8.82. The molecule has 166 valence electrons. The van der Waals surface area contributed by atoms with Crippen LogP contribution in [-0.4, -0.2) is 35.0 Å². The highest BCUT2D eigenvalue weighted by Crippen LogP contribution is 2.30. The van der Waals surface area contributed by atoms with Gasteiger partial charge in [0.2, 0.25) is 5.82 Å². The number of hydrogen-bond donors (Lipinski definition) is 1. The third-order valence-corrected chi connectivity index (χ3v) is 5.85. The van der Waals surface area contributed by atoms with Gasteiger partial charge in [-0.2, -0.15) is 5.21 Å². The lowest BCUT2D eigenvalue weighted by molar-refractivity contribution is 0.460. The van der Waals surface area contributed by atoms with Crippen LogP contribution in [-0.2, 0) is 13.1 Å². The predicted molar refractivity (Wildman–Crippen MR) is 128 cm³/mol. The summed E-state index contributed by atoms with van der Waals surface area (Å²) in [4.78, 5) is 17.7. The van der Waals surface area contributed by atoms with Gasteiger partial charge in [0, 0.05) is 17.8 Å². The first-order chi connectivity index (χ1) is 16.2. The molecule has 0 radical (unpaired) electrons. The molecule has 0 saturated heterocycles. The third kappa shape index (κ3) is 3.95. The van der Waals surface area contributed by atoms with Crippen molar-refractivity contribution in [3.8, 4) is 22.5 Å². The van der Waals surface area contributed by atoms with Crippen molar-refractivity contribution in [2.75, 3.05) is 0 Å². The van der Waals surface area contributed by atoms with Crippen LogP contribution in [0.15, 0.2) is 65.5 Å². The molecule has 8 nitrogen and oxygen atoms in total. The van der Waals surface area contributed by atoms with Gasteiger partial charge < -0.3 is 0 Å². The maximum Gasteiger partial charge on any atom is 0.276 e. The Bertz CT molecular complexity index is 1450. The zero-order valence-electron chi connectivity index (χ0n) is 18.7. The van der Waals surface area contributed by atoms with E-state index in [-0.39, 0.29) is 5.56 Å². The number of fused-ring (bicyclic) bond motifs is 1. The molecule has 0 aliphatic carbocycles. The second-order valence-electron chi connectivity index (χ2n) is 8.14. The highest BCUT2D eigenvalue weighted by molar-refractivity contribution is 5.80. The van der Waals surface area contributed by atoms with Crippen molar-refractivity contribution in [3.05, 3.63) is 82.3 Å². The molecule has 0 spiro atoms. The highest BCUT2D eigenvalue weighted by Gasteiger charge is 2.15. The summed E-state index contributed by atoms with van der Waals surface area (Å²) >= 11 is 0. The van der Waals surface area contributed by atoms with Crippen molar-refractivity contribution in [2.24, 2.45) is 0 Å². The third-order valence-electron chi connectivity index (χ3n) is 5.85. The molecule has 5 rings (SSSR count). The van der Waals surface area contributed by atoms with Crippen LogP contribution in [0.25, 0.3) is 33.5 Å². The predicted octanol–water partition coefficient (Wildman–Crippen LogP) is 4.20. The first kappa shape index (κ1) is 20.8. The molecule has 0 atom stereocenters. The molecule has 0 amide bonds. The topological polar surface area (TPSA) is 94.3 Å². The van der Waals surface area contributed by atoms with Crippen LogP contribution in [0.4, 0.5) is 0 Å². The number of unbranched alkanes of at least 4 members (excludes halogenated alkanes) is 1. The summed E-state index contributed by atoms with van der Waals surface area (Å²) in [6.45, 7) is 5.34. The van der Waals surface area contributed by atoms with E-state index in [1.54, 1.807) is 0 Å². The summed E-state index contributed by atoms with van der Waals surface area (Å²) in [7, 11) is 0. The Hall–Kier alpha value is -4.07. The Morgan fingerprint density at radius 3 is 2.45 bits per heavy atom. The molecule has 0 unspecified atom stereocenters. The van der Waals surface area contributed by atoms with Crippen LogP contribution in [0.3, 0.4) is 0 Å². The number of H-pyrrole nitrogens is 1. The molecule has 0 saturated carbocycles. The molecule has 0 aliphatic rings. The number of benzene rings is 2. The van der Waals surface area contributed by atoms with Gasteiger partial charge in [-0.05, 0) is 47.4 Å². The van der Waals surface area contributed by atoms with E-state index >= 15 is 0 Å². The van der Waals surface area contributed by atoms with Gasteiger partial charge in [0.05, 0.1) is 11.9 Å². The number of hydrogen-bond acceptors (Lipinski definition) is 5. The first-order valence-electron chi connectivity index (χ1n) is 11.1. The maximum absolute atomic E-state index is 13.0. The summed E-state index contributed by atoms with van der Waals surface area (Å²) in [5.41, 5.74) is 5.78. The summed E-state index contributed by atoms with van der Waals surface area (Å²) < 4.78 is 3.85. The molecular formula is C25H25N7O. The summed E-state index contributed by atoms with van der Waals surface area (Å²) in [6.07, 6.45) is 1.97. The monoisotopic (exact) mass is 439 g/mol. The molecule has 1 N–H and O–H groups in total. The van der Waals surface area contributed by atoms with Crippen LogP contribution < -0.4 is 5.56 Å². The van der Waals surface area contributed by atoms with Crippen molar-refractivity contribution in [1.29, 1.82) is 0 Å². The number of aromatic nitrogens is 7. The quantitative estimate of drug-likeness (QED) is 0.410. The Kier molecular flexibility index (Phi) is 5.56. The van der Waals surface area contributed by atoms with Gasteiger partial charge >= 0.3 is 0 Å². The number of pyridine rings is 1. The van der Waals surface area contributed by atoms with Crippen molar-refractivity contribution in [2.45, 2.75) is 39.8 Å². The number of tetrazole rings is 1. The fourth-order valence-corrected chi connectivity index (χ4v) is 4.13. The van der Waals surface area contributed by atoms with Gasteiger partial charge in [0.1, 0.15) is 0 Å². The largest absolute Gasteiger partial charge is 0.276 e. The van der Waals surface area contributed by atoms with Crippen LogP contribution in [0.1, 0.15) is 31.0 Å². The molecule has 0 bridgehead atoms. The minimum atomic E-state index is 0.0246. The fraction of sp³-hybridized carbons (Fsp3) is 0.240. The zero-order chi connectivity index (χ0) is 22.8. The van der Waals surface area contributed by atoms with E-state index in [2.05, 4.69) is 62.9 Å². The van der Waals surface area contributed by atoms with E-state index < -0.39 is 0 Å². The van der Waals surface area contributed by atoms with Gasteiger partial charge in [-0.25, -0.2) is 9.67 Å². The van der Waals surface area contributed by atoms with E-state index in [4.69, 9.17) is 0 Å². The van der Waals surface area contributed by atoms with Gasteiger partial charge in [-0.15, -0.1) is 10.2 Å². The summed E-state index contributed by atoms with van der Waals surface area (Å²) in [5, 5.41) is 15.1. The molecular weight excluding hydrogens is 414 g/mol. The average molecular weight is 440 g/mol. The second-order valence-corrected chi connectivity index (χ2v) is 8.14. The Labute approximate surface area is 190 Å². The van der Waals surface area contributed by atoms with E-state index in [9.17, 15) is 4.79 Å². The average Bonchev–Trinajstić information content (AvgIpc) is 3.46. The van der Waals surface area contributed by atoms with E-state index in [0.717, 1.165) is 46.4 Å². The minimum Gasteiger partial charge on any atom is -0.267 e. The number of aromatic amines is 1. The minimum absolute atomic E-state index is 0.0246. The zero-order valence-corrected chi connectivity index (χ0v) is 18.7. The summed E-state index contributed by atoms with van der Waals surface area (Å²) in [6, 6.07) is 20.2. The molecule has 8 heteroatoms. The Balaban J connectivity index is 1.51. The van der Waals surface area contributed by atoms with Gasteiger partial charge in [-0.3, -0.25) is 9.48 Å². The van der Waals surface area contributed by atoms with Crippen LogP contribution in [0.2, 0.25) is 0 Å². The lowest BCUT2D eigenvalue weighted by Crippen LogP contribution is -2.23. The molecule has 0 aliphatic heterocycles. The van der Waals surface area contributed by atoms with E-state index in [1.807, 2.05) is 46.6 Å². The number of nitrogens with zero attached hydrogens (tertiary/aromatic N) is 6. The van der Waals surface area contributed by atoms with E-state index in [0.29, 0.717) is 24.3 Å². The van der Waals surface area contributed by atoms with Crippen molar-refractivity contribution < 1.29 is 0 Å². The highest BCUT2D eigenvalue weighted by atomic mass is 16.1. The van der Waals surface area contributed by atoms with Crippen molar-refractivity contribution >= 4 is 11.0 Å². The first-order valence-corrected chi connectivity index (χ1v) is 11.1. The normalized spacial score (nSPS) is 11.3. The fourth-order valence-electron chi connectivity index (χ4n) is 4.13. The molecule has 2 aromatic carbocycles. The van der Waals surface area contributed by atoms with Crippen LogP contribution >= 0.6 is 0 Å². The summed E-state index contributed by atoms with van der Waals surface area (Å²) in [5.74, 6) is 0.565. The van der Waals surface area contributed by atoms with Crippen LogP contribution in [0.5, 0.6) is 0 Å². The van der Waals surface area contributed by atoms with Gasteiger partial charge in [-0.1, -0.05) is 61.9 Å². The Morgan fingerprint density at radius 1 is 0.939 bits per heavy atom. The lowest BCUT2D eigenvalue weighted by Gasteiger charge is -2.13. The smallest absolute Gasteiger partial charge is 0.267 e. The molecule has 0 fully saturated rings. The van der Waals surface area contributed by atoms with Crippen molar-refractivity contribution in [1.82, 2.24) is 35.0 Å². The number of aryl methyl sites for hydroxylation is 1. The van der Waals surface area contributed by atoms with Crippen molar-refractivity contribution in [3.63, 3.8) is 0 Å². The molecule has 3 heterocycles. The maximum atomic E-state index is 13.0. The Morgan fingerprint density at radius 2 is 1.73 bits per heavy atom. The van der Waals surface area contributed by atoms with Gasteiger partial charge in [0.25, 0.3) is 5.56 Å². The SMILES string of the molecule is CCCCn1c(=O)c2ccc(C)nc2n1Cc1ccc(-c2ccccc2-c2nn[nH]n2)cc1. The number of nitrogens with one attached hydrogen (secondary N) is 1. The molecule has 33 heavy (non-hydrogen) atoms. The van der Waals surface area contributed by atoms with E-state index in [1.165, 1.54) is 0 Å². The molecule has 5 aromatic rings. The van der Waals surface area contributed by atoms with Gasteiger partial charge in [0.15, 0.2) is 5.65 Å². The molecule has 3 aromatic heterocycles. The lowest BCUT2D eigenvalue weighted by atomic mass is 9.98.